The Morgan fingerprint density at radius 3 is 2.73 bits per heavy atom. The van der Waals surface area contributed by atoms with Crippen LogP contribution in [0, 0.1) is 0 Å². The second-order valence-corrected chi connectivity index (χ2v) is 7.31. The van der Waals surface area contributed by atoms with Gasteiger partial charge in [0.15, 0.2) is 17.7 Å². The standard InChI is InChI=1S/C17H28N8O5/c18-3-5-24(4-1-2-9(19)17(28)29)6-10-12(26)13(27)16(30-10)25-8-23-11-14(20)21-7-22-15(11)25/h7-10,12-13,16,26-27H,1-6,18-19H2,(H,28,29)(H2,20,21,22)/t9-,10+,12+,13+,16+/m0/s1. The third kappa shape index (κ3) is 4.66. The quantitative estimate of drug-likeness (QED) is 0.233. The lowest BCUT2D eigenvalue weighted by molar-refractivity contribution is -0.138. The van der Waals surface area contributed by atoms with E-state index in [0.29, 0.717) is 50.2 Å². The predicted octanol–water partition coefficient (Wildman–Crippen LogP) is -2.52. The summed E-state index contributed by atoms with van der Waals surface area (Å²) in [4.78, 5) is 25.0. The molecular formula is C17H28N8O5. The lowest BCUT2D eigenvalue weighted by atomic mass is 10.1. The molecule has 0 saturated carbocycles. The van der Waals surface area contributed by atoms with Crippen molar-refractivity contribution in [3.05, 3.63) is 12.7 Å². The van der Waals surface area contributed by atoms with Crippen LogP contribution in [0.3, 0.4) is 0 Å². The lowest BCUT2D eigenvalue weighted by Crippen LogP contribution is -2.42. The number of ether oxygens (including phenoxy) is 1. The van der Waals surface area contributed by atoms with Crippen molar-refractivity contribution in [1.82, 2.24) is 24.4 Å². The normalized spacial score (nSPS) is 25.2. The van der Waals surface area contributed by atoms with E-state index in [1.807, 2.05) is 4.90 Å². The predicted molar refractivity (Wildman–Crippen MR) is 106 cm³/mol. The van der Waals surface area contributed by atoms with Crippen LogP contribution in [-0.4, -0.2) is 96.2 Å². The Bertz CT molecular complexity index is 864. The highest BCUT2D eigenvalue weighted by molar-refractivity contribution is 5.81. The molecule has 2 aromatic heterocycles. The van der Waals surface area contributed by atoms with E-state index in [2.05, 4.69) is 15.0 Å². The van der Waals surface area contributed by atoms with E-state index in [9.17, 15) is 15.0 Å². The molecule has 0 unspecified atom stereocenters. The monoisotopic (exact) mass is 424 g/mol. The van der Waals surface area contributed by atoms with Gasteiger partial charge >= 0.3 is 5.97 Å². The summed E-state index contributed by atoms with van der Waals surface area (Å²) in [5.74, 6) is -0.838. The number of imidazole rings is 1. The molecule has 1 fully saturated rings. The van der Waals surface area contributed by atoms with Gasteiger partial charge in [0.25, 0.3) is 0 Å². The van der Waals surface area contributed by atoms with E-state index in [1.165, 1.54) is 17.2 Å². The molecule has 13 heteroatoms. The second-order valence-electron chi connectivity index (χ2n) is 7.31. The van der Waals surface area contributed by atoms with Gasteiger partial charge in [0.2, 0.25) is 0 Å². The average Bonchev–Trinajstić information content (AvgIpc) is 3.25. The fourth-order valence-corrected chi connectivity index (χ4v) is 3.56. The van der Waals surface area contributed by atoms with Gasteiger partial charge in [-0.25, -0.2) is 15.0 Å². The van der Waals surface area contributed by atoms with Crippen LogP contribution in [0.15, 0.2) is 12.7 Å². The molecule has 166 valence electrons. The van der Waals surface area contributed by atoms with Gasteiger partial charge in [-0.3, -0.25) is 14.3 Å². The Morgan fingerprint density at radius 2 is 2.03 bits per heavy atom. The van der Waals surface area contributed by atoms with Crippen molar-refractivity contribution in [2.45, 2.75) is 43.4 Å². The molecule has 3 heterocycles. The van der Waals surface area contributed by atoms with E-state index in [0.717, 1.165) is 0 Å². The van der Waals surface area contributed by atoms with Crippen LogP contribution < -0.4 is 17.2 Å². The highest BCUT2D eigenvalue weighted by Crippen LogP contribution is 2.32. The van der Waals surface area contributed by atoms with Gasteiger partial charge in [-0.2, -0.15) is 0 Å². The van der Waals surface area contributed by atoms with Crippen molar-refractivity contribution in [1.29, 1.82) is 0 Å². The molecule has 3 rings (SSSR count). The molecule has 0 bridgehead atoms. The van der Waals surface area contributed by atoms with Crippen molar-refractivity contribution in [2.24, 2.45) is 11.5 Å². The number of aromatic nitrogens is 4. The summed E-state index contributed by atoms with van der Waals surface area (Å²) >= 11 is 0. The van der Waals surface area contributed by atoms with Crippen LogP contribution in [0.2, 0.25) is 0 Å². The van der Waals surface area contributed by atoms with E-state index >= 15 is 0 Å². The second kappa shape index (κ2) is 9.59. The molecule has 13 nitrogen and oxygen atoms in total. The molecule has 1 saturated heterocycles. The number of aliphatic hydroxyl groups excluding tert-OH is 2. The maximum absolute atomic E-state index is 10.9. The van der Waals surface area contributed by atoms with Crippen molar-refractivity contribution >= 4 is 23.0 Å². The zero-order valence-electron chi connectivity index (χ0n) is 16.4. The molecule has 0 aliphatic carbocycles. The van der Waals surface area contributed by atoms with Crippen molar-refractivity contribution in [2.75, 3.05) is 31.9 Å². The van der Waals surface area contributed by atoms with Crippen LogP contribution in [-0.2, 0) is 9.53 Å². The van der Waals surface area contributed by atoms with Crippen LogP contribution in [0.25, 0.3) is 11.2 Å². The maximum atomic E-state index is 10.9. The van der Waals surface area contributed by atoms with E-state index in [-0.39, 0.29) is 5.82 Å². The molecule has 5 atom stereocenters. The van der Waals surface area contributed by atoms with E-state index < -0.39 is 36.6 Å². The molecule has 9 N–H and O–H groups in total. The Labute approximate surface area is 172 Å². The van der Waals surface area contributed by atoms with Gasteiger partial charge in [-0.05, 0) is 19.4 Å². The number of carboxylic acid groups (broad SMARTS) is 1. The van der Waals surface area contributed by atoms with Crippen LogP contribution in [0.5, 0.6) is 0 Å². The molecule has 1 aliphatic heterocycles. The zero-order chi connectivity index (χ0) is 21.8. The molecule has 0 spiro atoms. The highest BCUT2D eigenvalue weighted by Gasteiger charge is 2.44. The van der Waals surface area contributed by atoms with Gasteiger partial charge in [-0.15, -0.1) is 0 Å². The number of nitrogens with zero attached hydrogens (tertiary/aromatic N) is 5. The van der Waals surface area contributed by atoms with Crippen molar-refractivity contribution in [3.8, 4) is 0 Å². The number of nitrogens with two attached hydrogens (primary N) is 3. The molecule has 0 amide bonds. The van der Waals surface area contributed by atoms with Crippen molar-refractivity contribution < 1.29 is 24.9 Å². The zero-order valence-corrected chi connectivity index (χ0v) is 16.4. The first-order valence-corrected chi connectivity index (χ1v) is 9.69. The minimum atomic E-state index is -1.20. The van der Waals surface area contributed by atoms with E-state index in [4.69, 9.17) is 27.0 Å². The van der Waals surface area contributed by atoms with Crippen LogP contribution in [0.1, 0.15) is 19.1 Å². The number of hydrogen-bond acceptors (Lipinski definition) is 11. The summed E-state index contributed by atoms with van der Waals surface area (Å²) in [6.45, 7) is 1.73. The number of carbonyl (C=O) groups is 1. The highest BCUT2D eigenvalue weighted by atomic mass is 16.6. The maximum Gasteiger partial charge on any atom is 0.320 e. The van der Waals surface area contributed by atoms with Gasteiger partial charge in [0.1, 0.15) is 36.2 Å². The summed E-state index contributed by atoms with van der Waals surface area (Å²) in [6, 6.07) is -0.923. The van der Waals surface area contributed by atoms with Gasteiger partial charge in [0.05, 0.1) is 6.33 Å². The SMILES string of the molecule is NCCN(CCC[C@H](N)C(=O)O)C[C@H]1O[C@@H](n2cnc3c(N)ncnc32)[C@H](O)[C@@H]1O. The Balaban J connectivity index is 1.67. The Morgan fingerprint density at radius 1 is 1.27 bits per heavy atom. The van der Waals surface area contributed by atoms with Crippen LogP contribution in [0.4, 0.5) is 5.82 Å². The summed E-state index contributed by atoms with van der Waals surface area (Å²) in [5.41, 5.74) is 17.8. The fraction of sp³-hybridized carbons (Fsp3) is 0.647. The van der Waals surface area contributed by atoms with Crippen LogP contribution >= 0.6 is 0 Å². The molecule has 2 aromatic rings. The largest absolute Gasteiger partial charge is 0.480 e. The number of aliphatic hydroxyl groups is 2. The first-order chi connectivity index (χ1) is 14.3. The van der Waals surface area contributed by atoms with E-state index in [1.54, 1.807) is 0 Å². The number of fused-ring (bicyclic) bond motifs is 1. The van der Waals surface area contributed by atoms with Gasteiger partial charge in [-0.1, -0.05) is 0 Å². The summed E-state index contributed by atoms with van der Waals surface area (Å²) < 4.78 is 7.46. The molecule has 1 aliphatic rings. The van der Waals surface area contributed by atoms with Gasteiger partial charge < -0.3 is 37.3 Å². The first-order valence-electron chi connectivity index (χ1n) is 9.69. The third-order valence-electron chi connectivity index (χ3n) is 5.19. The lowest BCUT2D eigenvalue weighted by Gasteiger charge is -2.26. The fourth-order valence-electron chi connectivity index (χ4n) is 3.56. The average molecular weight is 424 g/mol. The van der Waals surface area contributed by atoms with Gasteiger partial charge in [0, 0.05) is 19.6 Å². The summed E-state index contributed by atoms with van der Waals surface area (Å²) in [7, 11) is 0. The number of aliphatic carboxylic acids is 1. The Hall–Kier alpha value is -2.42. The smallest absolute Gasteiger partial charge is 0.320 e. The summed E-state index contributed by atoms with van der Waals surface area (Å²) in [6.07, 6.45) is -0.357. The number of hydrogen-bond donors (Lipinski definition) is 6. The molecule has 0 aromatic carbocycles. The molecule has 30 heavy (non-hydrogen) atoms. The number of nitrogen functional groups attached to an aromatic ring is 1. The number of rotatable bonds is 10. The topological polar surface area (TPSA) is 212 Å². The minimum Gasteiger partial charge on any atom is -0.480 e. The summed E-state index contributed by atoms with van der Waals surface area (Å²) in [5, 5.41) is 30.0. The third-order valence-corrected chi connectivity index (χ3v) is 5.19. The molecule has 0 radical (unpaired) electrons. The number of anilines is 1. The minimum absolute atomic E-state index is 0.206. The molecular weight excluding hydrogens is 396 g/mol. The Kier molecular flexibility index (Phi) is 7.12. The van der Waals surface area contributed by atoms with Crippen molar-refractivity contribution in [3.63, 3.8) is 0 Å². The first kappa shape index (κ1) is 22.3. The number of carboxylic acids is 1.